The molecule has 3 aromatic rings. The average molecular weight is 399 g/mol. The molecule has 0 aliphatic rings. The predicted molar refractivity (Wildman–Crippen MR) is 111 cm³/mol. The standard InChI is InChI=1S/C20H21N3O4S/c1-12(2)10-23-11-16(13-6-4-5-7-14(13)18(23)24)22-20(26)21-15-8-9-28-17(15)19(25)27-3/h4-9,11-12H,10H2,1-3H3,(H2,21,22,26). The highest BCUT2D eigenvalue weighted by molar-refractivity contribution is 7.12. The Morgan fingerprint density at radius 1 is 1.11 bits per heavy atom. The van der Waals surface area contributed by atoms with Crippen LogP contribution in [0.25, 0.3) is 10.8 Å². The largest absolute Gasteiger partial charge is 0.465 e. The summed E-state index contributed by atoms with van der Waals surface area (Å²) in [5.74, 6) is -0.241. The molecule has 0 bridgehead atoms. The van der Waals surface area contributed by atoms with Crippen molar-refractivity contribution in [2.24, 2.45) is 5.92 Å². The third kappa shape index (κ3) is 4.07. The van der Waals surface area contributed by atoms with Crippen molar-refractivity contribution in [1.82, 2.24) is 4.57 Å². The Morgan fingerprint density at radius 3 is 2.46 bits per heavy atom. The number of rotatable bonds is 5. The summed E-state index contributed by atoms with van der Waals surface area (Å²) >= 11 is 1.18. The van der Waals surface area contributed by atoms with Gasteiger partial charge < -0.3 is 19.9 Å². The second-order valence-corrected chi connectivity index (χ2v) is 7.59. The van der Waals surface area contributed by atoms with Gasteiger partial charge in [0.05, 0.1) is 18.5 Å². The van der Waals surface area contributed by atoms with Crippen LogP contribution in [0.15, 0.2) is 46.7 Å². The molecule has 1 aromatic carbocycles. The number of aromatic nitrogens is 1. The summed E-state index contributed by atoms with van der Waals surface area (Å²) in [5, 5.41) is 8.34. The topological polar surface area (TPSA) is 89.4 Å². The number of carbonyl (C=O) groups is 2. The second kappa shape index (κ2) is 8.26. The van der Waals surface area contributed by atoms with E-state index >= 15 is 0 Å². The second-order valence-electron chi connectivity index (χ2n) is 6.67. The molecule has 0 aliphatic carbocycles. The molecule has 0 radical (unpaired) electrons. The van der Waals surface area contributed by atoms with Crippen LogP contribution in [-0.2, 0) is 11.3 Å². The van der Waals surface area contributed by atoms with Crippen LogP contribution in [0.1, 0.15) is 23.5 Å². The van der Waals surface area contributed by atoms with Crippen molar-refractivity contribution in [3.8, 4) is 0 Å². The molecule has 2 N–H and O–H groups in total. The van der Waals surface area contributed by atoms with Gasteiger partial charge in [-0.15, -0.1) is 11.3 Å². The Labute approximate surface area is 165 Å². The zero-order chi connectivity index (χ0) is 20.3. The van der Waals surface area contributed by atoms with Crippen LogP contribution in [0.2, 0.25) is 0 Å². The number of amides is 2. The number of hydrogen-bond donors (Lipinski definition) is 2. The van der Waals surface area contributed by atoms with Gasteiger partial charge in [-0.1, -0.05) is 32.0 Å². The molecule has 0 unspecified atom stereocenters. The molecule has 0 saturated carbocycles. The number of anilines is 2. The number of nitrogens with one attached hydrogen (secondary N) is 2. The van der Waals surface area contributed by atoms with Crippen molar-refractivity contribution >= 4 is 45.5 Å². The molecule has 3 rings (SSSR count). The Kier molecular flexibility index (Phi) is 5.79. The number of pyridine rings is 1. The summed E-state index contributed by atoms with van der Waals surface area (Å²) in [5.41, 5.74) is 0.790. The fraction of sp³-hybridized carbons (Fsp3) is 0.250. The highest BCUT2D eigenvalue weighted by Gasteiger charge is 2.17. The maximum atomic E-state index is 12.7. The molecule has 0 fully saturated rings. The monoisotopic (exact) mass is 399 g/mol. The van der Waals surface area contributed by atoms with Crippen molar-refractivity contribution in [1.29, 1.82) is 0 Å². The van der Waals surface area contributed by atoms with Gasteiger partial charge in [-0.3, -0.25) is 4.79 Å². The quantitative estimate of drug-likeness (QED) is 0.631. The van der Waals surface area contributed by atoms with Gasteiger partial charge in [-0.25, -0.2) is 9.59 Å². The molecule has 0 saturated heterocycles. The van der Waals surface area contributed by atoms with Gasteiger partial charge in [-0.05, 0) is 23.4 Å². The molecule has 2 amide bonds. The molecule has 8 heteroatoms. The van der Waals surface area contributed by atoms with E-state index in [-0.39, 0.29) is 11.5 Å². The number of ether oxygens (including phenoxy) is 1. The van der Waals surface area contributed by atoms with Gasteiger partial charge in [-0.2, -0.15) is 0 Å². The normalized spacial score (nSPS) is 10.9. The molecule has 2 aromatic heterocycles. The maximum absolute atomic E-state index is 12.7. The highest BCUT2D eigenvalue weighted by atomic mass is 32.1. The van der Waals surface area contributed by atoms with Crippen LogP contribution < -0.4 is 16.2 Å². The molecule has 2 heterocycles. The van der Waals surface area contributed by atoms with E-state index in [1.54, 1.807) is 40.4 Å². The molecule has 7 nitrogen and oxygen atoms in total. The van der Waals surface area contributed by atoms with E-state index < -0.39 is 12.0 Å². The summed E-state index contributed by atoms with van der Waals surface area (Å²) in [6.07, 6.45) is 1.65. The third-order valence-electron chi connectivity index (χ3n) is 4.09. The number of urea groups is 1. The number of carbonyl (C=O) groups excluding carboxylic acids is 2. The number of esters is 1. The van der Waals surface area contributed by atoms with Crippen LogP contribution in [0.5, 0.6) is 0 Å². The molecule has 28 heavy (non-hydrogen) atoms. The van der Waals surface area contributed by atoms with E-state index in [4.69, 9.17) is 4.74 Å². The Morgan fingerprint density at radius 2 is 1.79 bits per heavy atom. The Bertz CT molecular complexity index is 1080. The van der Waals surface area contributed by atoms with Crippen molar-refractivity contribution in [2.45, 2.75) is 20.4 Å². The van der Waals surface area contributed by atoms with Gasteiger partial charge in [0.25, 0.3) is 5.56 Å². The minimum absolute atomic E-state index is 0.0962. The summed E-state index contributed by atoms with van der Waals surface area (Å²) < 4.78 is 6.32. The van der Waals surface area contributed by atoms with Crippen LogP contribution in [0, 0.1) is 5.92 Å². The first-order valence-corrected chi connectivity index (χ1v) is 9.64. The number of thiophene rings is 1. The first-order chi connectivity index (χ1) is 13.4. The third-order valence-corrected chi connectivity index (χ3v) is 4.98. The molecular formula is C20H21N3O4S. The zero-order valence-electron chi connectivity index (χ0n) is 15.8. The lowest BCUT2D eigenvalue weighted by atomic mass is 10.1. The van der Waals surface area contributed by atoms with Crippen LogP contribution in [0.3, 0.4) is 0 Å². The smallest absolute Gasteiger partial charge is 0.350 e. The van der Waals surface area contributed by atoms with Crippen molar-refractivity contribution in [3.05, 3.63) is 57.1 Å². The van der Waals surface area contributed by atoms with Crippen LogP contribution >= 0.6 is 11.3 Å². The van der Waals surface area contributed by atoms with Gasteiger partial charge in [0.1, 0.15) is 4.88 Å². The number of hydrogen-bond acceptors (Lipinski definition) is 5. The van der Waals surface area contributed by atoms with Crippen molar-refractivity contribution in [2.75, 3.05) is 17.7 Å². The summed E-state index contributed by atoms with van der Waals surface area (Å²) in [6.45, 7) is 4.58. The zero-order valence-corrected chi connectivity index (χ0v) is 16.6. The SMILES string of the molecule is COC(=O)c1sccc1NC(=O)Nc1cn(CC(C)C)c(=O)c2ccccc12. The number of fused-ring (bicyclic) bond motifs is 1. The fourth-order valence-electron chi connectivity index (χ4n) is 2.91. The fourth-order valence-corrected chi connectivity index (χ4v) is 3.67. The van der Waals surface area contributed by atoms with E-state index in [0.717, 1.165) is 0 Å². The number of benzene rings is 1. The summed E-state index contributed by atoms with van der Waals surface area (Å²) in [6, 6.07) is 8.26. The predicted octanol–water partition coefficient (Wildman–Crippen LogP) is 4.15. The Hall–Kier alpha value is -3.13. The maximum Gasteiger partial charge on any atom is 0.350 e. The van der Waals surface area contributed by atoms with E-state index in [9.17, 15) is 14.4 Å². The lowest BCUT2D eigenvalue weighted by Crippen LogP contribution is -2.25. The molecule has 0 spiro atoms. The minimum Gasteiger partial charge on any atom is -0.465 e. The van der Waals surface area contributed by atoms with E-state index in [1.165, 1.54) is 18.4 Å². The lowest BCUT2D eigenvalue weighted by molar-refractivity contribution is 0.0607. The summed E-state index contributed by atoms with van der Waals surface area (Å²) in [4.78, 5) is 37.3. The van der Waals surface area contributed by atoms with E-state index in [2.05, 4.69) is 10.6 Å². The van der Waals surface area contributed by atoms with Crippen LogP contribution in [-0.4, -0.2) is 23.7 Å². The lowest BCUT2D eigenvalue weighted by Gasteiger charge is -2.15. The first kappa shape index (κ1) is 19.6. The molecule has 0 aliphatic heterocycles. The highest BCUT2D eigenvalue weighted by Crippen LogP contribution is 2.25. The first-order valence-electron chi connectivity index (χ1n) is 8.76. The van der Waals surface area contributed by atoms with Crippen LogP contribution in [0.4, 0.5) is 16.2 Å². The van der Waals surface area contributed by atoms with Crippen molar-refractivity contribution in [3.63, 3.8) is 0 Å². The van der Waals surface area contributed by atoms with Gasteiger partial charge in [0.2, 0.25) is 0 Å². The van der Waals surface area contributed by atoms with Gasteiger partial charge in [0.15, 0.2) is 0 Å². The summed E-state index contributed by atoms with van der Waals surface area (Å²) in [7, 11) is 1.29. The average Bonchev–Trinajstić information content (AvgIpc) is 3.12. The number of methoxy groups -OCH3 is 1. The Balaban J connectivity index is 1.92. The molecule has 0 atom stereocenters. The minimum atomic E-state index is -0.513. The number of nitrogens with zero attached hydrogens (tertiary/aromatic N) is 1. The molecule has 146 valence electrons. The van der Waals surface area contributed by atoms with Gasteiger partial charge in [0, 0.05) is 23.5 Å². The van der Waals surface area contributed by atoms with Gasteiger partial charge >= 0.3 is 12.0 Å². The van der Waals surface area contributed by atoms with E-state index in [1.807, 2.05) is 19.9 Å². The molecular weight excluding hydrogens is 378 g/mol. The van der Waals surface area contributed by atoms with Crippen molar-refractivity contribution < 1.29 is 14.3 Å². The van der Waals surface area contributed by atoms with E-state index in [0.29, 0.717) is 33.6 Å².